The van der Waals surface area contributed by atoms with Crippen LogP contribution in [0, 0.1) is 11.8 Å². The maximum absolute atomic E-state index is 10.6. The minimum atomic E-state index is -3.48. The van der Waals surface area contributed by atoms with Gasteiger partial charge in [0.2, 0.25) is 0 Å². The zero-order chi connectivity index (χ0) is 20.6. The molecule has 0 N–H and O–H groups in total. The van der Waals surface area contributed by atoms with Gasteiger partial charge in [-0.1, -0.05) is 66.2 Å². The van der Waals surface area contributed by atoms with Crippen LogP contribution in [-0.2, 0) is 44.7 Å². The Hall–Kier alpha value is 2.53. The average molecular weight is 577 g/mol. The van der Waals surface area contributed by atoms with E-state index in [1.807, 2.05) is 0 Å². The predicted molar refractivity (Wildman–Crippen MR) is 120 cm³/mol. The molecule has 162 valence electrons. The summed E-state index contributed by atoms with van der Waals surface area (Å²) in [7, 11) is 0. The monoisotopic (exact) mass is 578 g/mol. The van der Waals surface area contributed by atoms with E-state index in [0.717, 1.165) is 60.3 Å². The molecular formula is C16H34MoO4P2S4. The summed E-state index contributed by atoms with van der Waals surface area (Å²) in [5.74, 6) is 2.81. The minimum Gasteiger partial charge on any atom is -0.825 e. The average Bonchev–Trinajstić information content (AvgIpc) is 2.44. The first kappa shape index (κ1) is 34.1. The Morgan fingerprint density at radius 3 is 1.15 bits per heavy atom. The topological polar surface area (TPSA) is 92.2 Å². The van der Waals surface area contributed by atoms with Crippen LogP contribution in [0.5, 0.6) is 0 Å². The SMILES string of the molecule is CC(C)CCCCCSP([O-])([O-])=S.CC(C)CCCCCSP([O-])([O-])=S.[Mo+4]. The van der Waals surface area contributed by atoms with Crippen LogP contribution in [-0.4, -0.2) is 11.5 Å². The second-order valence-corrected chi connectivity index (χ2v) is 18.9. The van der Waals surface area contributed by atoms with Gasteiger partial charge in [0.25, 0.3) is 0 Å². The standard InChI is InChI=1S/2C8H19O2PS2.Mo/c2*1-8(2)6-4-3-5-7-13-11(9,10)12;/h2*8H,3-7H2,1-2H3,(H2,9,10,12);/q;;+4/p-4. The van der Waals surface area contributed by atoms with Gasteiger partial charge in [-0.05, 0) is 36.2 Å². The number of unbranched alkanes of at least 4 members (excludes halogenated alkanes) is 4. The number of hydrogen-bond donors (Lipinski definition) is 0. The van der Waals surface area contributed by atoms with Crippen molar-refractivity contribution in [3.8, 4) is 0 Å². The van der Waals surface area contributed by atoms with Gasteiger partial charge in [0.15, 0.2) is 0 Å². The van der Waals surface area contributed by atoms with Gasteiger partial charge in [0, 0.05) is 0 Å². The fraction of sp³-hybridized carbons (Fsp3) is 1.00. The molecule has 0 aromatic rings. The summed E-state index contributed by atoms with van der Waals surface area (Å²) in [6.45, 7) is 8.79. The molecule has 0 saturated heterocycles. The van der Waals surface area contributed by atoms with Crippen molar-refractivity contribution in [2.45, 2.75) is 79.1 Å². The summed E-state index contributed by atoms with van der Waals surface area (Å²) in [5.41, 5.74) is -6.97. The summed E-state index contributed by atoms with van der Waals surface area (Å²) in [6.07, 6.45) is 8.99. The smallest absolute Gasteiger partial charge is 0.825 e. The summed E-state index contributed by atoms with van der Waals surface area (Å²) in [5, 5.41) is 0. The maximum Gasteiger partial charge on any atom is 4.00 e. The van der Waals surface area contributed by atoms with Gasteiger partial charge in [-0.25, -0.2) is 0 Å². The molecule has 0 aromatic carbocycles. The van der Waals surface area contributed by atoms with Gasteiger partial charge < -0.3 is 19.6 Å². The van der Waals surface area contributed by atoms with E-state index in [2.05, 4.69) is 51.3 Å². The Kier molecular flexibility index (Phi) is 25.8. The zero-order valence-electron chi connectivity index (χ0n) is 16.8. The van der Waals surface area contributed by atoms with Crippen LogP contribution < -0.4 is 19.6 Å². The van der Waals surface area contributed by atoms with Gasteiger partial charge in [-0.15, -0.1) is 23.6 Å². The van der Waals surface area contributed by atoms with Gasteiger partial charge in [0.05, 0.1) is 0 Å². The molecule has 4 nitrogen and oxygen atoms in total. The molecule has 0 radical (unpaired) electrons. The molecule has 0 saturated carbocycles. The third kappa shape index (κ3) is 39.6. The fourth-order valence-corrected chi connectivity index (χ4v) is 6.59. The molecule has 11 heteroatoms. The molecule has 0 rings (SSSR count). The predicted octanol–water partition coefficient (Wildman–Crippen LogP) is 3.76. The van der Waals surface area contributed by atoms with Crippen molar-refractivity contribution >= 4 is 57.8 Å². The molecule has 0 amide bonds. The molecular weight excluding hydrogens is 542 g/mol. The molecule has 0 unspecified atom stereocenters. The largest absolute Gasteiger partial charge is 4.00 e. The molecule has 0 fully saturated rings. The van der Waals surface area contributed by atoms with E-state index in [1.165, 1.54) is 25.7 Å². The Labute approximate surface area is 199 Å². The molecule has 0 heterocycles. The Morgan fingerprint density at radius 2 is 0.926 bits per heavy atom. The van der Waals surface area contributed by atoms with Gasteiger partial charge >= 0.3 is 21.1 Å². The Bertz CT molecular complexity index is 379. The Morgan fingerprint density at radius 1 is 0.630 bits per heavy atom. The van der Waals surface area contributed by atoms with E-state index in [4.69, 9.17) is 0 Å². The summed E-state index contributed by atoms with van der Waals surface area (Å²) in [4.78, 5) is 42.3. The van der Waals surface area contributed by atoms with Crippen LogP contribution in [0.4, 0.5) is 0 Å². The Balaban J connectivity index is -0.000000411. The molecule has 27 heavy (non-hydrogen) atoms. The quantitative estimate of drug-likeness (QED) is 0.175. The minimum absolute atomic E-state index is 0. The van der Waals surface area contributed by atoms with Crippen molar-refractivity contribution in [2.75, 3.05) is 11.5 Å². The molecule has 0 spiro atoms. The second kappa shape index (κ2) is 20.4. The van der Waals surface area contributed by atoms with Crippen LogP contribution in [0.3, 0.4) is 0 Å². The molecule has 0 aliphatic heterocycles. The molecule has 0 aliphatic rings. The van der Waals surface area contributed by atoms with E-state index < -0.39 is 11.4 Å². The van der Waals surface area contributed by atoms with Crippen molar-refractivity contribution in [3.63, 3.8) is 0 Å². The van der Waals surface area contributed by atoms with Crippen LogP contribution in [0.15, 0.2) is 0 Å². The van der Waals surface area contributed by atoms with E-state index in [0.29, 0.717) is 11.5 Å². The van der Waals surface area contributed by atoms with Crippen molar-refractivity contribution in [3.05, 3.63) is 0 Å². The first-order chi connectivity index (χ1) is 11.8. The fourth-order valence-electron chi connectivity index (χ4n) is 2.02. The van der Waals surface area contributed by atoms with Crippen LogP contribution in [0.1, 0.15) is 79.1 Å². The van der Waals surface area contributed by atoms with Gasteiger partial charge in [-0.3, -0.25) is 0 Å². The number of rotatable bonds is 14. The molecule has 0 aromatic heterocycles. The van der Waals surface area contributed by atoms with E-state index >= 15 is 0 Å². The number of hydrogen-bond acceptors (Lipinski definition) is 8. The first-order valence-corrected chi connectivity index (χ1v) is 17.6. The van der Waals surface area contributed by atoms with Crippen molar-refractivity contribution in [1.29, 1.82) is 0 Å². The summed E-state index contributed by atoms with van der Waals surface area (Å²) >= 11 is 10.3. The normalized spacial score (nSPS) is 11.9. The molecule has 0 atom stereocenters. The first-order valence-electron chi connectivity index (χ1n) is 9.16. The van der Waals surface area contributed by atoms with Gasteiger partial charge in [0.1, 0.15) is 0 Å². The van der Waals surface area contributed by atoms with E-state index in [-0.39, 0.29) is 21.1 Å². The van der Waals surface area contributed by atoms with Crippen molar-refractivity contribution in [1.82, 2.24) is 0 Å². The third-order valence-corrected chi connectivity index (χ3v) is 9.82. The van der Waals surface area contributed by atoms with E-state index in [9.17, 15) is 19.6 Å². The summed E-state index contributed by atoms with van der Waals surface area (Å²) in [6, 6.07) is 0. The van der Waals surface area contributed by atoms with Crippen LogP contribution >= 0.6 is 34.2 Å². The third-order valence-electron chi connectivity index (χ3n) is 3.35. The van der Waals surface area contributed by atoms with E-state index in [1.54, 1.807) is 0 Å². The molecule has 0 aliphatic carbocycles. The zero-order valence-corrected chi connectivity index (χ0v) is 23.9. The van der Waals surface area contributed by atoms with Crippen molar-refractivity contribution in [2.24, 2.45) is 11.8 Å². The second-order valence-electron chi connectivity index (χ2n) is 7.05. The maximum atomic E-state index is 10.6. The summed E-state index contributed by atoms with van der Waals surface area (Å²) < 4.78 is 0. The van der Waals surface area contributed by atoms with Crippen LogP contribution in [0.2, 0.25) is 0 Å². The van der Waals surface area contributed by atoms with Gasteiger partial charge in [-0.2, -0.15) is 34.2 Å². The molecule has 0 bridgehead atoms. The van der Waals surface area contributed by atoms with Crippen LogP contribution in [0.25, 0.3) is 0 Å². The van der Waals surface area contributed by atoms with Crippen molar-refractivity contribution < 1.29 is 40.6 Å².